The highest BCUT2D eigenvalue weighted by atomic mass is 16.3. The zero-order valence-corrected chi connectivity index (χ0v) is 13.9. The van der Waals surface area contributed by atoms with E-state index in [1.165, 1.54) is 0 Å². The fourth-order valence-corrected chi connectivity index (χ4v) is 3.31. The maximum absolute atomic E-state index is 12.6. The number of anilines is 3. The Hall–Kier alpha value is -2.77. The fraction of sp³-hybridized carbons (Fsp3) is 0.278. The highest BCUT2D eigenvalue weighted by Gasteiger charge is 2.41. The van der Waals surface area contributed by atoms with Crippen molar-refractivity contribution in [2.24, 2.45) is 4.99 Å². The minimum atomic E-state index is -1.38. The van der Waals surface area contributed by atoms with Gasteiger partial charge in [-0.05, 0) is 31.2 Å². The summed E-state index contributed by atoms with van der Waals surface area (Å²) < 4.78 is 0. The summed E-state index contributed by atoms with van der Waals surface area (Å²) in [5.41, 5.74) is 1.67. The molecule has 128 valence electrons. The standard InChI is InChI=1S/C18H19N5O2/c1-18(25,22-11-9-19-10-12-22)23-15-7-3-2-5-13(15)17(24)21-14-6-4-8-20-16(14)23/h2-9,25H,10-12H2,1H3,(H,21,24). The zero-order valence-electron chi connectivity index (χ0n) is 13.9. The van der Waals surface area contributed by atoms with Gasteiger partial charge in [0.05, 0.1) is 23.5 Å². The van der Waals surface area contributed by atoms with E-state index in [0.717, 1.165) is 0 Å². The lowest BCUT2D eigenvalue weighted by Crippen LogP contribution is -2.59. The highest BCUT2D eigenvalue weighted by Crippen LogP contribution is 2.41. The summed E-state index contributed by atoms with van der Waals surface area (Å²) in [5, 5.41) is 14.4. The number of pyridine rings is 1. The maximum atomic E-state index is 12.6. The predicted octanol–water partition coefficient (Wildman–Crippen LogP) is 1.84. The lowest BCUT2D eigenvalue weighted by atomic mass is 10.1. The molecule has 1 unspecified atom stereocenters. The van der Waals surface area contributed by atoms with Gasteiger partial charge in [0.25, 0.3) is 5.91 Å². The minimum Gasteiger partial charge on any atom is -0.358 e. The van der Waals surface area contributed by atoms with Crippen LogP contribution in [-0.4, -0.2) is 52.6 Å². The molecule has 7 nitrogen and oxygen atoms in total. The van der Waals surface area contributed by atoms with E-state index in [1.54, 1.807) is 42.4 Å². The third kappa shape index (κ3) is 2.57. The van der Waals surface area contributed by atoms with Gasteiger partial charge in [-0.1, -0.05) is 12.1 Å². The van der Waals surface area contributed by atoms with Crippen molar-refractivity contribution in [2.45, 2.75) is 12.8 Å². The molecular formula is C18H19N5O2. The molecule has 1 aromatic carbocycles. The van der Waals surface area contributed by atoms with Gasteiger partial charge in [0, 0.05) is 25.5 Å². The minimum absolute atomic E-state index is 0.219. The molecule has 0 aliphatic carbocycles. The number of benzene rings is 1. The average molecular weight is 337 g/mol. The van der Waals surface area contributed by atoms with Crippen LogP contribution in [-0.2, 0) is 0 Å². The van der Waals surface area contributed by atoms with Crippen LogP contribution >= 0.6 is 0 Å². The molecule has 0 radical (unpaired) electrons. The Morgan fingerprint density at radius 2 is 2.08 bits per heavy atom. The van der Waals surface area contributed by atoms with Crippen LogP contribution in [0, 0.1) is 0 Å². The Labute approximate surface area is 145 Å². The number of para-hydroxylation sites is 1. The summed E-state index contributed by atoms with van der Waals surface area (Å²) >= 11 is 0. The van der Waals surface area contributed by atoms with Crippen LogP contribution < -0.4 is 10.2 Å². The van der Waals surface area contributed by atoms with Crippen molar-refractivity contribution in [3.63, 3.8) is 0 Å². The van der Waals surface area contributed by atoms with E-state index in [4.69, 9.17) is 0 Å². The Morgan fingerprint density at radius 1 is 1.24 bits per heavy atom. The molecule has 2 N–H and O–H groups in total. The van der Waals surface area contributed by atoms with Crippen LogP contribution in [0.2, 0.25) is 0 Å². The van der Waals surface area contributed by atoms with Crippen LogP contribution in [0.3, 0.4) is 0 Å². The molecule has 0 bridgehead atoms. The van der Waals surface area contributed by atoms with Crippen molar-refractivity contribution < 1.29 is 9.90 Å². The normalized spacial score (nSPS) is 19.4. The van der Waals surface area contributed by atoms with Gasteiger partial charge in [0.1, 0.15) is 0 Å². The summed E-state index contributed by atoms with van der Waals surface area (Å²) in [5.74, 6) is -1.09. The average Bonchev–Trinajstić information content (AvgIpc) is 2.77. The Balaban J connectivity index is 1.92. The van der Waals surface area contributed by atoms with Gasteiger partial charge in [-0.3, -0.25) is 19.6 Å². The molecule has 3 heterocycles. The van der Waals surface area contributed by atoms with E-state index < -0.39 is 5.85 Å². The summed E-state index contributed by atoms with van der Waals surface area (Å²) in [6.07, 6.45) is 3.45. The summed E-state index contributed by atoms with van der Waals surface area (Å²) in [6.45, 7) is 3.48. The van der Waals surface area contributed by atoms with Gasteiger partial charge in [-0.15, -0.1) is 0 Å². The quantitative estimate of drug-likeness (QED) is 0.874. The highest BCUT2D eigenvalue weighted by molar-refractivity contribution is 6.12. The number of carbonyl (C=O) groups excluding carboxylic acids is 1. The predicted molar refractivity (Wildman–Crippen MR) is 96.3 cm³/mol. The van der Waals surface area contributed by atoms with Gasteiger partial charge < -0.3 is 10.4 Å². The van der Waals surface area contributed by atoms with E-state index in [0.29, 0.717) is 42.4 Å². The van der Waals surface area contributed by atoms with Crippen LogP contribution in [0.5, 0.6) is 0 Å². The first-order valence-corrected chi connectivity index (χ1v) is 8.20. The SMILES string of the molecule is CC(O)(N1CC=NCC1)N1c2ccccc2C(=O)Nc2cccnc21. The molecule has 1 aromatic heterocycles. The monoisotopic (exact) mass is 337 g/mol. The second-order valence-corrected chi connectivity index (χ2v) is 6.19. The molecular weight excluding hydrogens is 318 g/mol. The molecule has 2 aromatic rings. The number of hydrogen-bond donors (Lipinski definition) is 2. The molecule has 0 saturated heterocycles. The number of nitrogens with zero attached hydrogens (tertiary/aromatic N) is 4. The second-order valence-electron chi connectivity index (χ2n) is 6.19. The van der Waals surface area contributed by atoms with Crippen molar-refractivity contribution >= 4 is 29.3 Å². The molecule has 4 rings (SSSR count). The molecule has 25 heavy (non-hydrogen) atoms. The maximum Gasteiger partial charge on any atom is 0.257 e. The number of fused-ring (bicyclic) bond motifs is 2. The van der Waals surface area contributed by atoms with Crippen molar-refractivity contribution in [3.05, 3.63) is 48.2 Å². The van der Waals surface area contributed by atoms with Crippen LogP contribution in [0.4, 0.5) is 17.2 Å². The first kappa shape index (κ1) is 15.7. The van der Waals surface area contributed by atoms with Gasteiger partial charge in [-0.2, -0.15) is 0 Å². The van der Waals surface area contributed by atoms with Crippen molar-refractivity contribution in [1.82, 2.24) is 9.88 Å². The molecule has 0 fully saturated rings. The van der Waals surface area contributed by atoms with Crippen molar-refractivity contribution in [3.8, 4) is 0 Å². The number of nitrogens with one attached hydrogen (secondary N) is 1. The van der Waals surface area contributed by atoms with Gasteiger partial charge >= 0.3 is 0 Å². The number of aliphatic imine (C=N–C) groups is 1. The Morgan fingerprint density at radius 3 is 2.88 bits per heavy atom. The lowest BCUT2D eigenvalue weighted by Gasteiger charge is -2.45. The van der Waals surface area contributed by atoms with Gasteiger partial charge in [0.2, 0.25) is 5.85 Å². The lowest BCUT2D eigenvalue weighted by molar-refractivity contribution is -0.0792. The summed E-state index contributed by atoms with van der Waals surface area (Å²) in [7, 11) is 0. The van der Waals surface area contributed by atoms with E-state index in [1.807, 2.05) is 23.1 Å². The second kappa shape index (κ2) is 5.94. The van der Waals surface area contributed by atoms with Crippen LogP contribution in [0.15, 0.2) is 47.6 Å². The summed E-state index contributed by atoms with van der Waals surface area (Å²) in [4.78, 5) is 24.9. The Kier molecular flexibility index (Phi) is 3.74. The number of amides is 1. The number of aliphatic hydroxyl groups is 1. The number of hydrogen-bond acceptors (Lipinski definition) is 6. The van der Waals surface area contributed by atoms with Crippen LogP contribution in [0.25, 0.3) is 0 Å². The molecule has 7 heteroatoms. The zero-order chi connectivity index (χ0) is 17.4. The molecule has 2 aliphatic heterocycles. The molecule has 0 spiro atoms. The van der Waals surface area contributed by atoms with E-state index >= 15 is 0 Å². The molecule has 1 atom stereocenters. The first-order chi connectivity index (χ1) is 12.1. The van der Waals surface area contributed by atoms with Crippen molar-refractivity contribution in [2.75, 3.05) is 29.9 Å². The third-order valence-electron chi connectivity index (χ3n) is 4.59. The van der Waals surface area contributed by atoms with Gasteiger partial charge in [-0.25, -0.2) is 4.98 Å². The topological polar surface area (TPSA) is 81.1 Å². The first-order valence-electron chi connectivity index (χ1n) is 8.20. The summed E-state index contributed by atoms with van der Waals surface area (Å²) in [6, 6.07) is 10.8. The fourth-order valence-electron chi connectivity index (χ4n) is 3.31. The largest absolute Gasteiger partial charge is 0.358 e. The number of carbonyl (C=O) groups is 1. The molecule has 1 amide bonds. The molecule has 0 saturated carbocycles. The third-order valence-corrected chi connectivity index (χ3v) is 4.59. The van der Waals surface area contributed by atoms with E-state index in [2.05, 4.69) is 15.3 Å². The van der Waals surface area contributed by atoms with Crippen molar-refractivity contribution in [1.29, 1.82) is 0 Å². The van der Waals surface area contributed by atoms with Gasteiger partial charge in [0.15, 0.2) is 5.82 Å². The number of rotatable bonds is 2. The Bertz CT molecular complexity index is 849. The van der Waals surface area contributed by atoms with E-state index in [-0.39, 0.29) is 5.91 Å². The van der Waals surface area contributed by atoms with Crippen LogP contribution in [0.1, 0.15) is 17.3 Å². The van der Waals surface area contributed by atoms with E-state index in [9.17, 15) is 9.90 Å². The molecule has 2 aliphatic rings. The number of aromatic nitrogens is 1. The smallest absolute Gasteiger partial charge is 0.257 e.